The van der Waals surface area contributed by atoms with E-state index in [1.165, 1.54) is 49.2 Å². The molecule has 0 radical (unpaired) electrons. The van der Waals surface area contributed by atoms with Crippen molar-refractivity contribution < 1.29 is 5.11 Å². The van der Waals surface area contributed by atoms with E-state index in [-0.39, 0.29) is 6.61 Å². The van der Waals surface area contributed by atoms with E-state index in [1.807, 2.05) is 23.9 Å². The highest BCUT2D eigenvalue weighted by atomic mass is 32.2. The molecule has 1 N–H and O–H groups in total. The second-order valence-electron chi connectivity index (χ2n) is 4.42. The molecular weight excluding hydrogens is 228 g/mol. The van der Waals surface area contributed by atoms with Crippen molar-refractivity contribution in [2.45, 2.75) is 57.0 Å². The van der Waals surface area contributed by atoms with Crippen molar-refractivity contribution >= 4 is 11.8 Å². The Bertz CT molecular complexity index is 299. The summed E-state index contributed by atoms with van der Waals surface area (Å²) in [4.78, 5) is 1.28. The first-order valence-corrected chi connectivity index (χ1v) is 7.68. The molecule has 0 aromatic heterocycles. The number of aliphatic hydroxyl groups is 1. The van der Waals surface area contributed by atoms with Gasteiger partial charge in [-0.2, -0.15) is 0 Å². The van der Waals surface area contributed by atoms with Gasteiger partial charge in [-0.3, -0.25) is 0 Å². The second kappa shape index (κ2) is 9.55. The molecule has 0 heterocycles. The van der Waals surface area contributed by atoms with Gasteiger partial charge in [0, 0.05) is 4.90 Å². The molecule has 1 aromatic rings. The summed E-state index contributed by atoms with van der Waals surface area (Å²) >= 11 is 1.90. The maximum absolute atomic E-state index is 9.04. The van der Waals surface area contributed by atoms with Crippen LogP contribution in [0.15, 0.2) is 29.2 Å². The van der Waals surface area contributed by atoms with Gasteiger partial charge >= 0.3 is 0 Å². The third-order valence-corrected chi connectivity index (χ3v) is 3.93. The molecule has 0 spiro atoms. The zero-order valence-electron chi connectivity index (χ0n) is 10.8. The average molecular weight is 252 g/mol. The summed E-state index contributed by atoms with van der Waals surface area (Å²) < 4.78 is 0. The smallest absolute Gasteiger partial charge is 0.0682 e. The molecule has 0 aliphatic carbocycles. The molecular formula is C15H24OS. The molecule has 0 atom stereocenters. The molecule has 1 rings (SSSR count). The summed E-state index contributed by atoms with van der Waals surface area (Å²) in [5.41, 5.74) is 1.01. The molecule has 0 aliphatic rings. The SMILES string of the molecule is CCCCCCCCSc1cccc(CO)c1. The Morgan fingerprint density at radius 2 is 1.82 bits per heavy atom. The molecule has 0 fully saturated rings. The van der Waals surface area contributed by atoms with Crippen molar-refractivity contribution in [3.8, 4) is 0 Å². The van der Waals surface area contributed by atoms with E-state index in [9.17, 15) is 0 Å². The Morgan fingerprint density at radius 3 is 2.59 bits per heavy atom. The zero-order chi connectivity index (χ0) is 12.3. The van der Waals surface area contributed by atoms with Gasteiger partial charge in [-0.25, -0.2) is 0 Å². The number of benzene rings is 1. The second-order valence-corrected chi connectivity index (χ2v) is 5.59. The fourth-order valence-electron chi connectivity index (χ4n) is 1.81. The molecule has 0 unspecified atom stereocenters. The Hall–Kier alpha value is -0.470. The molecule has 0 amide bonds. The highest BCUT2D eigenvalue weighted by Gasteiger charge is 1.96. The first kappa shape index (κ1) is 14.6. The molecule has 17 heavy (non-hydrogen) atoms. The molecule has 1 aromatic carbocycles. The van der Waals surface area contributed by atoms with Crippen molar-refractivity contribution in [2.24, 2.45) is 0 Å². The number of rotatable bonds is 9. The lowest BCUT2D eigenvalue weighted by Crippen LogP contribution is -1.85. The van der Waals surface area contributed by atoms with Gasteiger partial charge in [-0.15, -0.1) is 11.8 Å². The van der Waals surface area contributed by atoms with Crippen LogP contribution in [0.1, 0.15) is 51.0 Å². The van der Waals surface area contributed by atoms with Gasteiger partial charge in [0.05, 0.1) is 6.61 Å². The fraction of sp³-hybridized carbons (Fsp3) is 0.600. The first-order valence-electron chi connectivity index (χ1n) is 6.69. The number of aliphatic hydroxyl groups excluding tert-OH is 1. The molecule has 2 heteroatoms. The topological polar surface area (TPSA) is 20.2 Å². The maximum Gasteiger partial charge on any atom is 0.0682 e. The normalized spacial score (nSPS) is 10.7. The van der Waals surface area contributed by atoms with Crippen molar-refractivity contribution in [1.82, 2.24) is 0 Å². The van der Waals surface area contributed by atoms with Crippen molar-refractivity contribution in [1.29, 1.82) is 0 Å². The highest BCUT2D eigenvalue weighted by molar-refractivity contribution is 7.99. The van der Waals surface area contributed by atoms with E-state index in [4.69, 9.17) is 5.11 Å². The van der Waals surface area contributed by atoms with Gasteiger partial charge in [0.15, 0.2) is 0 Å². The zero-order valence-corrected chi connectivity index (χ0v) is 11.6. The Labute approximate surface area is 110 Å². The number of hydrogen-bond acceptors (Lipinski definition) is 2. The van der Waals surface area contributed by atoms with E-state index >= 15 is 0 Å². The van der Waals surface area contributed by atoms with Crippen LogP contribution in [-0.4, -0.2) is 10.9 Å². The van der Waals surface area contributed by atoms with Gasteiger partial charge in [-0.05, 0) is 29.9 Å². The van der Waals surface area contributed by atoms with Gasteiger partial charge in [-0.1, -0.05) is 51.2 Å². The Kier molecular flexibility index (Phi) is 8.20. The molecule has 0 bridgehead atoms. The van der Waals surface area contributed by atoms with Crippen molar-refractivity contribution in [2.75, 3.05) is 5.75 Å². The first-order chi connectivity index (χ1) is 8.36. The van der Waals surface area contributed by atoms with Crippen LogP contribution in [0.25, 0.3) is 0 Å². The quantitative estimate of drug-likeness (QED) is 0.510. The third kappa shape index (κ3) is 6.75. The van der Waals surface area contributed by atoms with E-state index in [2.05, 4.69) is 19.1 Å². The van der Waals surface area contributed by atoms with Gasteiger partial charge in [0.2, 0.25) is 0 Å². The Morgan fingerprint density at radius 1 is 1.06 bits per heavy atom. The monoisotopic (exact) mass is 252 g/mol. The van der Waals surface area contributed by atoms with Crippen LogP contribution in [0.4, 0.5) is 0 Å². The van der Waals surface area contributed by atoms with Crippen LogP contribution >= 0.6 is 11.8 Å². The average Bonchev–Trinajstić information content (AvgIpc) is 2.38. The lowest BCUT2D eigenvalue weighted by molar-refractivity contribution is 0.281. The predicted octanol–water partition coefficient (Wildman–Crippen LogP) is 4.63. The number of thioether (sulfide) groups is 1. The lowest BCUT2D eigenvalue weighted by Gasteiger charge is -2.03. The minimum Gasteiger partial charge on any atom is -0.392 e. The summed E-state index contributed by atoms with van der Waals surface area (Å²) in [5.74, 6) is 1.20. The van der Waals surface area contributed by atoms with Crippen LogP contribution in [0.5, 0.6) is 0 Å². The van der Waals surface area contributed by atoms with Crippen LogP contribution in [0.3, 0.4) is 0 Å². The largest absolute Gasteiger partial charge is 0.392 e. The maximum atomic E-state index is 9.04. The molecule has 0 aliphatic heterocycles. The number of hydrogen-bond donors (Lipinski definition) is 1. The van der Waals surface area contributed by atoms with E-state index in [0.717, 1.165) is 5.56 Å². The lowest BCUT2D eigenvalue weighted by atomic mass is 10.1. The van der Waals surface area contributed by atoms with E-state index in [0.29, 0.717) is 0 Å². The predicted molar refractivity (Wildman–Crippen MR) is 76.5 cm³/mol. The van der Waals surface area contributed by atoms with Crippen LogP contribution in [0, 0.1) is 0 Å². The fourth-order valence-corrected chi connectivity index (χ4v) is 2.80. The minimum absolute atomic E-state index is 0.144. The minimum atomic E-state index is 0.144. The third-order valence-electron chi connectivity index (χ3n) is 2.85. The molecule has 0 saturated carbocycles. The molecule has 1 nitrogen and oxygen atoms in total. The van der Waals surface area contributed by atoms with Crippen LogP contribution < -0.4 is 0 Å². The standard InChI is InChI=1S/C15H24OS/c1-2-3-4-5-6-7-11-17-15-10-8-9-14(12-15)13-16/h8-10,12,16H,2-7,11,13H2,1H3. The number of unbranched alkanes of at least 4 members (excludes halogenated alkanes) is 5. The summed E-state index contributed by atoms with van der Waals surface area (Å²) in [6, 6.07) is 8.20. The van der Waals surface area contributed by atoms with Crippen LogP contribution in [0.2, 0.25) is 0 Å². The van der Waals surface area contributed by atoms with E-state index < -0.39 is 0 Å². The summed E-state index contributed by atoms with van der Waals surface area (Å²) in [5, 5.41) is 9.04. The van der Waals surface area contributed by atoms with E-state index in [1.54, 1.807) is 0 Å². The van der Waals surface area contributed by atoms with Gasteiger partial charge in [0.25, 0.3) is 0 Å². The summed E-state index contributed by atoms with van der Waals surface area (Å²) in [7, 11) is 0. The van der Waals surface area contributed by atoms with Gasteiger partial charge < -0.3 is 5.11 Å². The van der Waals surface area contributed by atoms with Crippen LogP contribution in [-0.2, 0) is 6.61 Å². The summed E-state index contributed by atoms with van der Waals surface area (Å²) in [6.07, 6.45) is 8.13. The Balaban J connectivity index is 2.09. The summed E-state index contributed by atoms with van der Waals surface area (Å²) in [6.45, 7) is 2.40. The molecule has 96 valence electrons. The highest BCUT2D eigenvalue weighted by Crippen LogP contribution is 2.21. The molecule has 0 saturated heterocycles. The van der Waals surface area contributed by atoms with Crippen molar-refractivity contribution in [3.05, 3.63) is 29.8 Å². The van der Waals surface area contributed by atoms with Crippen molar-refractivity contribution in [3.63, 3.8) is 0 Å². The van der Waals surface area contributed by atoms with Gasteiger partial charge in [0.1, 0.15) is 0 Å².